The molecule has 0 fully saturated rings. The van der Waals surface area contributed by atoms with E-state index in [-0.39, 0.29) is 0 Å². The molecule has 0 bridgehead atoms. The number of hydrogen-bond donors (Lipinski definition) is 1. The van der Waals surface area contributed by atoms with E-state index in [0.717, 1.165) is 6.54 Å². The summed E-state index contributed by atoms with van der Waals surface area (Å²) in [7, 11) is 0. The van der Waals surface area contributed by atoms with Gasteiger partial charge in [0, 0.05) is 0 Å². The molecule has 38 heavy (non-hydrogen) atoms. The number of quaternary nitrogens is 1. The van der Waals surface area contributed by atoms with E-state index < -0.39 is 6.15 Å². The van der Waals surface area contributed by atoms with Crippen LogP contribution in [0.5, 0.6) is 0 Å². The predicted octanol–water partition coefficient (Wildman–Crippen LogP) is 5.56. The van der Waals surface area contributed by atoms with Crippen molar-refractivity contribution in [1.29, 1.82) is 0 Å². The van der Waals surface area contributed by atoms with Crippen LogP contribution in [-0.4, -0.2) is 12.7 Å². The smallest absolute Gasteiger partial charge is 0.108 e. The van der Waals surface area contributed by atoms with Crippen molar-refractivity contribution in [3.63, 3.8) is 0 Å². The van der Waals surface area contributed by atoms with Crippen LogP contribution in [0.3, 0.4) is 0 Å². The van der Waals surface area contributed by atoms with Crippen molar-refractivity contribution in [2.24, 2.45) is 0 Å². The molecule has 3 N–H and O–H groups in total. The molecule has 0 radical (unpaired) electrons. The molecule has 4 aromatic carbocycles. The van der Waals surface area contributed by atoms with Crippen molar-refractivity contribution < 1.29 is 5.73 Å². The summed E-state index contributed by atoms with van der Waals surface area (Å²) in [6.45, 7) is 21.1. The van der Waals surface area contributed by atoms with Gasteiger partial charge >= 0.3 is 0 Å². The third-order valence-corrected chi connectivity index (χ3v) is 7.58. The summed E-state index contributed by atoms with van der Waals surface area (Å²) in [4.78, 5) is 0. The lowest BCUT2D eigenvalue weighted by Crippen LogP contribution is -2.75. The van der Waals surface area contributed by atoms with Gasteiger partial charge in [0.2, 0.25) is 0 Å². The summed E-state index contributed by atoms with van der Waals surface area (Å²) in [5, 5.41) is 0. The average molecular weight is 506 g/mol. The first-order valence-corrected chi connectivity index (χ1v) is 14.3. The normalized spacial score (nSPS) is 11.2. The second-order valence-electron chi connectivity index (χ2n) is 11.8. The molecule has 0 saturated carbocycles. The Hall–Kier alpha value is -3.10. The minimum absolute atomic E-state index is 1.09. The Morgan fingerprint density at radius 1 is 0.421 bits per heavy atom. The predicted molar refractivity (Wildman–Crippen MR) is 171 cm³/mol. The highest BCUT2D eigenvalue weighted by Gasteiger charge is 2.33. The third-order valence-electron chi connectivity index (χ3n) is 7.58. The van der Waals surface area contributed by atoms with Crippen molar-refractivity contribution in [2.45, 2.75) is 75.2 Å². The number of aryl methyl sites for hydroxylation is 8. The fraction of sp³-hybridized carbons (Fsp3) is 0.333. The van der Waals surface area contributed by atoms with Gasteiger partial charge < -0.3 is 5.73 Å². The van der Waals surface area contributed by atoms with Gasteiger partial charge in [-0.25, -0.2) is 0 Å². The number of rotatable bonds is 6. The fourth-order valence-corrected chi connectivity index (χ4v) is 6.44. The summed E-state index contributed by atoms with van der Waals surface area (Å²) in [5.41, 5.74) is 19.8. The maximum Gasteiger partial charge on any atom is 0.108 e. The van der Waals surface area contributed by atoms with Gasteiger partial charge in [-0.05, 0) is 61.8 Å². The van der Waals surface area contributed by atoms with Crippen LogP contribution >= 0.6 is 0 Å². The van der Waals surface area contributed by atoms with Crippen LogP contribution in [0.1, 0.15) is 64.3 Å². The molecular formula is C36H48BN. The first kappa shape index (κ1) is 29.5. The van der Waals surface area contributed by atoms with E-state index in [1.54, 1.807) is 0 Å². The molecular weight excluding hydrogens is 457 g/mol. The van der Waals surface area contributed by atoms with Crippen molar-refractivity contribution >= 4 is 28.0 Å². The molecule has 1 nitrogen and oxygen atoms in total. The Morgan fingerprint density at radius 2 is 0.632 bits per heavy atom. The quantitative estimate of drug-likeness (QED) is 0.333. The van der Waals surface area contributed by atoms with Crippen molar-refractivity contribution in [3.05, 3.63) is 117 Å². The van der Waals surface area contributed by atoms with Crippen LogP contribution < -0.4 is 27.6 Å². The van der Waals surface area contributed by atoms with E-state index in [9.17, 15) is 0 Å². The highest BCUT2D eigenvalue weighted by atomic mass is 14.5. The highest BCUT2D eigenvalue weighted by Crippen LogP contribution is 2.17. The Bertz CT molecular complexity index is 1100. The lowest BCUT2D eigenvalue weighted by atomic mass is 9.12. The Labute approximate surface area is 232 Å². The van der Waals surface area contributed by atoms with Gasteiger partial charge in [0.05, 0.1) is 6.54 Å². The van der Waals surface area contributed by atoms with E-state index in [0.29, 0.717) is 0 Å². The van der Waals surface area contributed by atoms with E-state index in [2.05, 4.69) is 141 Å². The second kappa shape index (κ2) is 12.6. The third kappa shape index (κ3) is 6.66. The molecule has 0 aliphatic rings. The van der Waals surface area contributed by atoms with Crippen molar-refractivity contribution in [1.82, 2.24) is 0 Å². The molecule has 0 saturated heterocycles. The summed E-state index contributed by atoms with van der Waals surface area (Å²) in [6.07, 6.45) is 1.19. The molecule has 0 heterocycles. The van der Waals surface area contributed by atoms with Gasteiger partial charge in [-0.2, -0.15) is 21.9 Å². The van der Waals surface area contributed by atoms with Crippen LogP contribution in [0.2, 0.25) is 0 Å². The molecule has 2 heteroatoms. The van der Waals surface area contributed by atoms with Crippen molar-refractivity contribution in [3.8, 4) is 0 Å². The van der Waals surface area contributed by atoms with Crippen LogP contribution in [0.25, 0.3) is 0 Å². The Kier molecular flexibility index (Phi) is 9.79. The summed E-state index contributed by atoms with van der Waals surface area (Å²) in [5.74, 6) is 0. The molecule has 0 spiro atoms. The van der Waals surface area contributed by atoms with Crippen LogP contribution in [0.15, 0.2) is 72.8 Å². The molecule has 0 unspecified atom stereocenters. The lowest BCUT2D eigenvalue weighted by Gasteiger charge is -2.46. The number of benzene rings is 4. The molecule has 0 atom stereocenters. The monoisotopic (exact) mass is 505 g/mol. The topological polar surface area (TPSA) is 27.6 Å². The van der Waals surface area contributed by atoms with Crippen LogP contribution in [-0.2, 0) is 0 Å². The van der Waals surface area contributed by atoms with Crippen LogP contribution in [0.4, 0.5) is 0 Å². The average Bonchev–Trinajstić information content (AvgIpc) is 2.78. The number of hydrogen-bond acceptors (Lipinski definition) is 0. The summed E-state index contributed by atoms with van der Waals surface area (Å²) in [6, 6.07) is 28.5. The molecule has 4 aromatic rings. The Morgan fingerprint density at radius 3 is 0.763 bits per heavy atom. The second-order valence-corrected chi connectivity index (χ2v) is 11.8. The van der Waals surface area contributed by atoms with Gasteiger partial charge in [0.15, 0.2) is 0 Å². The molecule has 0 aromatic heterocycles. The van der Waals surface area contributed by atoms with E-state index in [1.165, 1.54) is 79.2 Å². The summed E-state index contributed by atoms with van der Waals surface area (Å²) >= 11 is 0. The van der Waals surface area contributed by atoms with Crippen molar-refractivity contribution in [2.75, 3.05) is 6.54 Å². The van der Waals surface area contributed by atoms with E-state index in [4.69, 9.17) is 0 Å². The molecule has 0 aliphatic heterocycles. The van der Waals surface area contributed by atoms with Crippen LogP contribution in [0, 0.1) is 55.4 Å². The number of unbranched alkanes of at least 4 members (excludes halogenated alkanes) is 1. The summed E-state index contributed by atoms with van der Waals surface area (Å²) < 4.78 is 0. The maximum absolute atomic E-state index is 3.68. The molecule has 4 rings (SSSR count). The largest absolute Gasteiger partial charge is 0.358 e. The van der Waals surface area contributed by atoms with Gasteiger partial charge in [-0.1, -0.05) is 131 Å². The zero-order valence-corrected chi connectivity index (χ0v) is 25.3. The SMILES string of the molecule is CCCC[NH3+].Cc1cc(C)cc([B-](c2cc(C)cc(C)c2)(c2cc(C)cc(C)c2)c2cc(C)cc(C)c2)c1. The molecule has 0 amide bonds. The lowest BCUT2D eigenvalue weighted by molar-refractivity contribution is -0.368. The minimum Gasteiger partial charge on any atom is -0.358 e. The minimum atomic E-state index is -1.37. The standard InChI is InChI=1S/C32H36B.C4H11N/c1-21-9-22(2)14-29(13-21)33(30-15-23(3)10-24(4)16-30,31-17-25(5)11-26(6)18-31)32-19-27(7)12-28(8)20-32;1-2-3-4-5/h9-20H,1-8H3;2-5H2,1H3/q-1;/p+1. The molecule has 200 valence electrons. The highest BCUT2D eigenvalue weighted by molar-refractivity contribution is 7.20. The van der Waals surface area contributed by atoms with Gasteiger partial charge in [0.1, 0.15) is 6.15 Å². The first-order chi connectivity index (χ1) is 18.0. The molecule has 0 aliphatic carbocycles. The zero-order chi connectivity index (χ0) is 28.0. The van der Waals surface area contributed by atoms with E-state index in [1.807, 2.05) is 0 Å². The Balaban J connectivity index is 0.000000732. The van der Waals surface area contributed by atoms with Gasteiger partial charge in [-0.15, -0.1) is 0 Å². The van der Waals surface area contributed by atoms with E-state index >= 15 is 0 Å². The fourth-order valence-electron chi connectivity index (χ4n) is 6.44. The van der Waals surface area contributed by atoms with Gasteiger partial charge in [-0.3, -0.25) is 0 Å². The maximum atomic E-state index is 3.68. The zero-order valence-electron chi connectivity index (χ0n) is 25.3. The van der Waals surface area contributed by atoms with Gasteiger partial charge in [0.25, 0.3) is 0 Å². The first-order valence-electron chi connectivity index (χ1n) is 14.3.